The molecule has 6 nitrogen and oxygen atoms in total. The van der Waals surface area contributed by atoms with Crippen molar-refractivity contribution in [2.24, 2.45) is 5.10 Å². The Morgan fingerprint density at radius 1 is 1.13 bits per heavy atom. The molecule has 0 fully saturated rings. The lowest BCUT2D eigenvalue weighted by Crippen LogP contribution is -2.03. The maximum atomic E-state index is 13.8. The lowest BCUT2D eigenvalue weighted by atomic mass is 10.1. The Balaban J connectivity index is 1.84. The summed E-state index contributed by atoms with van der Waals surface area (Å²) in [7, 11) is 1.46. The fourth-order valence-electron chi connectivity index (χ4n) is 2.51. The molecule has 158 valence electrons. The van der Waals surface area contributed by atoms with Gasteiger partial charge in [-0.05, 0) is 42.2 Å². The normalized spacial score (nSPS) is 11.4. The second-order valence-corrected chi connectivity index (χ2v) is 6.61. The molecule has 0 spiro atoms. The first-order valence-electron chi connectivity index (χ1n) is 8.49. The average Bonchev–Trinajstić information content (AvgIpc) is 3.15. The molecule has 0 N–H and O–H groups in total. The van der Waals surface area contributed by atoms with E-state index in [9.17, 15) is 17.6 Å². The van der Waals surface area contributed by atoms with Gasteiger partial charge >= 0.3 is 0 Å². The van der Waals surface area contributed by atoms with Gasteiger partial charge in [0.2, 0.25) is 11.0 Å². The molecule has 0 bridgehead atoms. The van der Waals surface area contributed by atoms with Crippen LogP contribution in [0.2, 0.25) is 0 Å². The van der Waals surface area contributed by atoms with Gasteiger partial charge in [-0.25, -0.2) is 17.6 Å². The highest BCUT2D eigenvalue weighted by atomic mass is 32.2. The number of hydrogen-bond donors (Lipinski definition) is 0. The molecule has 2 aromatic carbocycles. The van der Waals surface area contributed by atoms with E-state index in [1.54, 1.807) is 24.5 Å². The molecule has 0 aliphatic carbocycles. The number of hydrogen-bond acceptors (Lipinski definition) is 6. The first kappa shape index (κ1) is 21.6. The SMILES string of the molecule is COc1ccc(/C=N\n2c(SC)nnc2C(F)F)cc1COc1ccc(F)cc1F. The number of halogens is 4. The van der Waals surface area contributed by atoms with Crippen LogP contribution in [0.1, 0.15) is 23.4 Å². The minimum Gasteiger partial charge on any atom is -0.496 e. The summed E-state index contributed by atoms with van der Waals surface area (Å²) in [4.78, 5) is 0. The Morgan fingerprint density at radius 2 is 1.90 bits per heavy atom. The highest BCUT2D eigenvalue weighted by Crippen LogP contribution is 2.25. The van der Waals surface area contributed by atoms with E-state index in [1.165, 1.54) is 19.4 Å². The number of rotatable bonds is 8. The molecule has 0 atom stereocenters. The highest BCUT2D eigenvalue weighted by Gasteiger charge is 2.19. The van der Waals surface area contributed by atoms with Crippen LogP contribution >= 0.6 is 11.8 Å². The molecule has 1 aromatic heterocycles. The zero-order valence-electron chi connectivity index (χ0n) is 15.9. The number of nitrogens with zero attached hydrogens (tertiary/aromatic N) is 4. The van der Waals surface area contributed by atoms with Crippen LogP contribution < -0.4 is 9.47 Å². The second kappa shape index (κ2) is 9.61. The number of aromatic nitrogens is 3. The van der Waals surface area contributed by atoms with Crippen molar-refractivity contribution >= 4 is 18.0 Å². The molecule has 0 saturated heterocycles. The Labute approximate surface area is 173 Å². The summed E-state index contributed by atoms with van der Waals surface area (Å²) in [6, 6.07) is 7.94. The summed E-state index contributed by atoms with van der Waals surface area (Å²) in [6.45, 7) is -0.0710. The van der Waals surface area contributed by atoms with Gasteiger partial charge < -0.3 is 9.47 Å². The summed E-state index contributed by atoms with van der Waals surface area (Å²) in [5.74, 6) is -1.76. The number of methoxy groups -OCH3 is 1. The van der Waals surface area contributed by atoms with Crippen molar-refractivity contribution in [1.82, 2.24) is 14.9 Å². The van der Waals surface area contributed by atoms with Crippen LogP contribution in [-0.4, -0.2) is 34.5 Å². The van der Waals surface area contributed by atoms with Crippen molar-refractivity contribution in [3.05, 3.63) is 65.0 Å². The first-order valence-corrected chi connectivity index (χ1v) is 9.72. The number of ether oxygens (including phenoxy) is 2. The third kappa shape index (κ3) is 4.90. The third-order valence-electron chi connectivity index (χ3n) is 3.92. The number of thioether (sulfide) groups is 1. The average molecular weight is 440 g/mol. The van der Waals surface area contributed by atoms with E-state index in [1.807, 2.05) is 0 Å². The van der Waals surface area contributed by atoms with Gasteiger partial charge in [0.25, 0.3) is 6.43 Å². The molecule has 11 heteroatoms. The van der Waals surface area contributed by atoms with Crippen molar-refractivity contribution in [3.63, 3.8) is 0 Å². The number of alkyl halides is 2. The van der Waals surface area contributed by atoms with Crippen LogP contribution in [-0.2, 0) is 6.61 Å². The Kier molecular flexibility index (Phi) is 6.93. The lowest BCUT2D eigenvalue weighted by Gasteiger charge is -2.12. The molecular weight excluding hydrogens is 424 g/mol. The van der Waals surface area contributed by atoms with Gasteiger partial charge in [0.15, 0.2) is 11.6 Å². The van der Waals surface area contributed by atoms with Crippen LogP contribution in [0.5, 0.6) is 11.5 Å². The minimum atomic E-state index is -2.83. The molecule has 0 radical (unpaired) electrons. The molecule has 3 rings (SSSR count). The topological polar surface area (TPSA) is 61.5 Å². The van der Waals surface area contributed by atoms with E-state index >= 15 is 0 Å². The van der Waals surface area contributed by atoms with Crippen molar-refractivity contribution in [3.8, 4) is 11.5 Å². The Hall–Kier alpha value is -3.08. The first-order chi connectivity index (χ1) is 14.4. The Morgan fingerprint density at radius 3 is 2.57 bits per heavy atom. The summed E-state index contributed by atoms with van der Waals surface area (Å²) >= 11 is 1.13. The van der Waals surface area contributed by atoms with Crippen molar-refractivity contribution in [2.75, 3.05) is 13.4 Å². The van der Waals surface area contributed by atoms with Crippen LogP contribution in [0, 0.1) is 11.6 Å². The molecule has 0 aliphatic rings. The van der Waals surface area contributed by atoms with Crippen molar-refractivity contribution in [2.45, 2.75) is 18.2 Å². The molecule has 0 amide bonds. The van der Waals surface area contributed by atoms with Crippen LogP contribution in [0.4, 0.5) is 17.6 Å². The zero-order chi connectivity index (χ0) is 21.7. The predicted octanol–water partition coefficient (Wildman–Crippen LogP) is 4.69. The molecule has 3 aromatic rings. The maximum Gasteiger partial charge on any atom is 0.299 e. The van der Waals surface area contributed by atoms with Gasteiger partial charge in [0, 0.05) is 11.6 Å². The van der Waals surface area contributed by atoms with Gasteiger partial charge in [-0.1, -0.05) is 11.8 Å². The van der Waals surface area contributed by atoms with E-state index in [4.69, 9.17) is 9.47 Å². The highest BCUT2D eigenvalue weighted by molar-refractivity contribution is 7.98. The third-order valence-corrected chi connectivity index (χ3v) is 4.54. The zero-order valence-corrected chi connectivity index (χ0v) is 16.7. The quantitative estimate of drug-likeness (QED) is 0.289. The monoisotopic (exact) mass is 440 g/mol. The van der Waals surface area contributed by atoms with Gasteiger partial charge in [-0.15, -0.1) is 10.2 Å². The smallest absolute Gasteiger partial charge is 0.299 e. The molecule has 1 heterocycles. The van der Waals surface area contributed by atoms with Gasteiger partial charge in [-0.3, -0.25) is 0 Å². The van der Waals surface area contributed by atoms with Crippen molar-refractivity contribution < 1.29 is 27.0 Å². The molecular formula is C19H16F4N4O2S. The van der Waals surface area contributed by atoms with Gasteiger partial charge in [-0.2, -0.15) is 9.78 Å². The van der Waals surface area contributed by atoms with Gasteiger partial charge in [0.05, 0.1) is 13.3 Å². The fourth-order valence-corrected chi connectivity index (χ4v) is 2.95. The molecule has 0 saturated carbocycles. The summed E-state index contributed by atoms with van der Waals surface area (Å²) in [5.41, 5.74) is 1.10. The molecule has 0 aliphatic heterocycles. The summed E-state index contributed by atoms with van der Waals surface area (Å²) in [5, 5.41) is 11.4. The van der Waals surface area contributed by atoms with Crippen molar-refractivity contribution in [1.29, 1.82) is 0 Å². The van der Waals surface area contributed by atoms with Gasteiger partial charge in [0.1, 0.15) is 18.2 Å². The maximum absolute atomic E-state index is 13.8. The van der Waals surface area contributed by atoms with E-state index in [0.29, 0.717) is 16.9 Å². The summed E-state index contributed by atoms with van der Waals surface area (Å²) < 4.78 is 64.6. The van der Waals surface area contributed by atoms with E-state index in [0.717, 1.165) is 28.6 Å². The van der Waals surface area contributed by atoms with Crippen LogP contribution in [0.25, 0.3) is 0 Å². The van der Waals surface area contributed by atoms with E-state index < -0.39 is 23.9 Å². The Bertz CT molecular complexity index is 1060. The molecule has 30 heavy (non-hydrogen) atoms. The minimum absolute atomic E-state index is 0.0710. The largest absolute Gasteiger partial charge is 0.496 e. The van der Waals surface area contributed by atoms with Crippen LogP contribution in [0.15, 0.2) is 46.7 Å². The van der Waals surface area contributed by atoms with Crippen LogP contribution in [0.3, 0.4) is 0 Å². The van der Waals surface area contributed by atoms with E-state index in [-0.39, 0.29) is 17.5 Å². The summed E-state index contributed by atoms with van der Waals surface area (Å²) in [6.07, 6.45) is 0.194. The lowest BCUT2D eigenvalue weighted by molar-refractivity contribution is 0.135. The molecule has 0 unspecified atom stereocenters. The second-order valence-electron chi connectivity index (χ2n) is 5.84. The fraction of sp³-hybridized carbons (Fsp3) is 0.211. The van der Waals surface area contributed by atoms with E-state index in [2.05, 4.69) is 15.3 Å². The standard InChI is InChI=1S/C19H16F4N4O2S/c1-28-15-5-3-11(9-24-27-18(17(22)23)25-26-19(27)30-2)7-12(15)10-29-16-6-4-13(20)8-14(16)21/h3-9,17H,10H2,1-2H3/b24-9-. The predicted molar refractivity (Wildman–Crippen MR) is 103 cm³/mol. The number of benzene rings is 2.